The number of hydrogen-bond acceptors (Lipinski definition) is 2. The Bertz CT molecular complexity index is 361. The molecule has 1 rings (SSSR count). The summed E-state index contributed by atoms with van der Waals surface area (Å²) in [5, 5.41) is 0. The molecule has 0 aromatic heterocycles. The van der Waals surface area contributed by atoms with Crippen molar-refractivity contribution < 1.29 is 13.9 Å². The van der Waals surface area contributed by atoms with Gasteiger partial charge in [0.2, 0.25) is 0 Å². The molecule has 0 N–H and O–H groups in total. The number of hydrogen-bond donors (Lipinski definition) is 0. The van der Waals surface area contributed by atoms with E-state index in [0.29, 0.717) is 24.3 Å². The lowest BCUT2D eigenvalue weighted by molar-refractivity contribution is -0.117. The van der Waals surface area contributed by atoms with E-state index < -0.39 is 0 Å². The molecule has 0 unspecified atom stereocenters. The number of benzene rings is 1. The molecule has 0 saturated carbocycles. The van der Waals surface area contributed by atoms with Crippen molar-refractivity contribution in [2.75, 3.05) is 6.61 Å². The number of aryl methyl sites for hydroxylation is 1. The minimum atomic E-state index is -0.249. The number of ketones is 1. The van der Waals surface area contributed by atoms with Gasteiger partial charge in [0.15, 0.2) is 0 Å². The Morgan fingerprint density at radius 1 is 1.38 bits per heavy atom. The molecule has 0 atom stereocenters. The summed E-state index contributed by atoms with van der Waals surface area (Å²) >= 11 is 0. The largest absolute Gasteiger partial charge is 0.493 e. The number of rotatable bonds is 6. The van der Waals surface area contributed by atoms with E-state index in [4.69, 9.17) is 4.74 Å². The van der Waals surface area contributed by atoms with Gasteiger partial charge in [-0.15, -0.1) is 0 Å². The lowest BCUT2D eigenvalue weighted by atomic mass is 10.2. The third kappa shape index (κ3) is 4.43. The summed E-state index contributed by atoms with van der Waals surface area (Å²) in [6.07, 6.45) is 2.23. The zero-order valence-corrected chi connectivity index (χ0v) is 9.75. The molecular formula is C13H17FO2. The van der Waals surface area contributed by atoms with Crippen molar-refractivity contribution in [3.63, 3.8) is 0 Å². The Labute approximate surface area is 95.4 Å². The van der Waals surface area contributed by atoms with Gasteiger partial charge in [0.25, 0.3) is 0 Å². The molecule has 0 saturated heterocycles. The van der Waals surface area contributed by atoms with E-state index in [2.05, 4.69) is 0 Å². The van der Waals surface area contributed by atoms with E-state index in [0.717, 1.165) is 12.8 Å². The predicted octanol–water partition coefficient (Wildman–Crippen LogP) is 3.27. The number of carbonyl (C=O) groups is 1. The highest BCUT2D eigenvalue weighted by Gasteiger charge is 2.00. The molecule has 0 amide bonds. The number of carbonyl (C=O) groups excluding carboxylic acids is 1. The summed E-state index contributed by atoms with van der Waals surface area (Å²) in [5.74, 6) is 0.494. The second-order valence-corrected chi connectivity index (χ2v) is 3.92. The van der Waals surface area contributed by atoms with Crippen LogP contribution in [0.25, 0.3) is 0 Å². The van der Waals surface area contributed by atoms with Crippen LogP contribution in [0.15, 0.2) is 18.2 Å². The molecule has 16 heavy (non-hydrogen) atoms. The fraction of sp³-hybridized carbons (Fsp3) is 0.462. The van der Waals surface area contributed by atoms with Gasteiger partial charge in [-0.25, -0.2) is 4.39 Å². The monoisotopic (exact) mass is 224 g/mol. The van der Waals surface area contributed by atoms with E-state index in [1.165, 1.54) is 6.07 Å². The quantitative estimate of drug-likeness (QED) is 0.693. The average Bonchev–Trinajstić information content (AvgIpc) is 2.22. The Morgan fingerprint density at radius 3 is 2.75 bits per heavy atom. The second kappa shape index (κ2) is 6.26. The maximum atomic E-state index is 13.1. The van der Waals surface area contributed by atoms with Crippen molar-refractivity contribution >= 4 is 5.78 Å². The minimum Gasteiger partial charge on any atom is -0.493 e. The van der Waals surface area contributed by atoms with Crippen LogP contribution in [0.3, 0.4) is 0 Å². The first-order chi connectivity index (χ1) is 7.59. The molecule has 0 radical (unpaired) electrons. The maximum absolute atomic E-state index is 13.1. The summed E-state index contributed by atoms with van der Waals surface area (Å²) in [6, 6.07) is 4.84. The molecule has 3 heteroatoms. The predicted molar refractivity (Wildman–Crippen MR) is 61.2 cm³/mol. The van der Waals surface area contributed by atoms with Gasteiger partial charge in [-0.3, -0.25) is 0 Å². The first-order valence-electron chi connectivity index (χ1n) is 5.48. The molecule has 88 valence electrons. The van der Waals surface area contributed by atoms with E-state index in [1.807, 2.05) is 0 Å². The summed E-state index contributed by atoms with van der Waals surface area (Å²) < 4.78 is 18.5. The summed E-state index contributed by atoms with van der Waals surface area (Å²) in [7, 11) is 0. The van der Waals surface area contributed by atoms with Gasteiger partial charge in [-0.1, -0.05) is 6.07 Å². The molecule has 0 heterocycles. The zero-order valence-electron chi connectivity index (χ0n) is 9.75. The first kappa shape index (κ1) is 12.7. The van der Waals surface area contributed by atoms with Crippen LogP contribution in [-0.2, 0) is 4.79 Å². The lowest BCUT2D eigenvalue weighted by Crippen LogP contribution is -1.99. The summed E-state index contributed by atoms with van der Waals surface area (Å²) in [5.41, 5.74) is 0.615. The van der Waals surface area contributed by atoms with Crippen LogP contribution < -0.4 is 4.74 Å². The van der Waals surface area contributed by atoms with Gasteiger partial charge in [0, 0.05) is 12.5 Å². The van der Waals surface area contributed by atoms with Crippen LogP contribution in [0.2, 0.25) is 0 Å². The molecule has 0 aliphatic carbocycles. The third-order valence-corrected chi connectivity index (χ3v) is 2.34. The smallest absolute Gasteiger partial charge is 0.129 e. The summed E-state index contributed by atoms with van der Waals surface area (Å²) in [4.78, 5) is 10.7. The van der Waals surface area contributed by atoms with Crippen molar-refractivity contribution in [1.82, 2.24) is 0 Å². The molecule has 1 aromatic rings. The second-order valence-electron chi connectivity index (χ2n) is 3.92. The van der Waals surface area contributed by atoms with Crippen molar-refractivity contribution in [2.24, 2.45) is 0 Å². The number of Topliss-reactive ketones (excluding diaryl/α,β-unsaturated/α-hetero) is 1. The molecule has 0 aliphatic rings. The van der Waals surface area contributed by atoms with Gasteiger partial charge in [0.05, 0.1) is 6.61 Å². The standard InChI is InChI=1S/C13H17FO2/c1-10-6-7-12(9-13(10)14)16-8-4-3-5-11(2)15/h6-7,9H,3-5,8H2,1-2H3. The first-order valence-corrected chi connectivity index (χ1v) is 5.48. The Morgan fingerprint density at radius 2 is 2.12 bits per heavy atom. The van der Waals surface area contributed by atoms with Gasteiger partial charge in [0.1, 0.15) is 17.3 Å². The zero-order chi connectivity index (χ0) is 12.0. The lowest BCUT2D eigenvalue weighted by Gasteiger charge is -2.06. The maximum Gasteiger partial charge on any atom is 0.129 e. The van der Waals surface area contributed by atoms with E-state index in [9.17, 15) is 9.18 Å². The Kier molecular flexibility index (Phi) is 4.96. The van der Waals surface area contributed by atoms with Crippen LogP contribution >= 0.6 is 0 Å². The van der Waals surface area contributed by atoms with Crippen molar-refractivity contribution in [3.8, 4) is 5.75 Å². The van der Waals surface area contributed by atoms with Crippen molar-refractivity contribution in [2.45, 2.75) is 33.1 Å². The number of halogens is 1. The topological polar surface area (TPSA) is 26.3 Å². The van der Waals surface area contributed by atoms with Crippen LogP contribution in [0, 0.1) is 12.7 Å². The van der Waals surface area contributed by atoms with E-state index >= 15 is 0 Å². The summed E-state index contributed by atoms with van der Waals surface area (Å²) in [6.45, 7) is 3.82. The number of unbranched alkanes of at least 4 members (excludes halogenated alkanes) is 1. The Balaban J connectivity index is 2.27. The SMILES string of the molecule is CC(=O)CCCCOc1ccc(C)c(F)c1. The van der Waals surface area contributed by atoms with Gasteiger partial charge < -0.3 is 9.53 Å². The molecule has 0 aliphatic heterocycles. The van der Waals surface area contributed by atoms with E-state index in [1.54, 1.807) is 26.0 Å². The molecule has 0 fully saturated rings. The van der Waals surface area contributed by atoms with Crippen molar-refractivity contribution in [3.05, 3.63) is 29.6 Å². The minimum absolute atomic E-state index is 0.196. The Hall–Kier alpha value is -1.38. The van der Waals surface area contributed by atoms with Gasteiger partial charge >= 0.3 is 0 Å². The number of ether oxygens (including phenoxy) is 1. The molecule has 2 nitrogen and oxygen atoms in total. The molecule has 0 spiro atoms. The fourth-order valence-corrected chi connectivity index (χ4v) is 1.33. The molecule has 0 bridgehead atoms. The highest BCUT2D eigenvalue weighted by Crippen LogP contribution is 2.16. The van der Waals surface area contributed by atoms with Crippen molar-refractivity contribution in [1.29, 1.82) is 0 Å². The average molecular weight is 224 g/mol. The normalized spacial score (nSPS) is 10.2. The van der Waals surface area contributed by atoms with Gasteiger partial charge in [-0.2, -0.15) is 0 Å². The van der Waals surface area contributed by atoms with Crippen LogP contribution in [0.4, 0.5) is 4.39 Å². The highest BCUT2D eigenvalue weighted by molar-refractivity contribution is 5.75. The van der Waals surface area contributed by atoms with Crippen LogP contribution in [-0.4, -0.2) is 12.4 Å². The van der Waals surface area contributed by atoms with Crippen LogP contribution in [0.5, 0.6) is 5.75 Å². The van der Waals surface area contributed by atoms with Crippen LogP contribution in [0.1, 0.15) is 31.7 Å². The molecule has 1 aromatic carbocycles. The fourth-order valence-electron chi connectivity index (χ4n) is 1.33. The molecular weight excluding hydrogens is 207 g/mol. The highest BCUT2D eigenvalue weighted by atomic mass is 19.1. The van der Waals surface area contributed by atoms with Gasteiger partial charge in [-0.05, 0) is 38.3 Å². The van der Waals surface area contributed by atoms with E-state index in [-0.39, 0.29) is 11.6 Å². The third-order valence-electron chi connectivity index (χ3n) is 2.34.